The molecule has 0 heterocycles. The molecule has 0 spiro atoms. The second kappa shape index (κ2) is 21.9. The first kappa shape index (κ1) is 46.9. The molecule has 56 heavy (non-hydrogen) atoms. The molecule has 8 heteroatoms. The molecule has 0 fully saturated rings. The molecule has 0 saturated heterocycles. The van der Waals surface area contributed by atoms with E-state index in [1.807, 2.05) is 54.6 Å². The minimum atomic E-state index is -2.46. The van der Waals surface area contributed by atoms with Gasteiger partial charge in [-0.05, 0) is 66.9 Å². The van der Waals surface area contributed by atoms with Crippen LogP contribution < -0.4 is 61.8 Å². The zero-order valence-corrected chi connectivity index (χ0v) is 39.1. The number of halogens is 1. The Morgan fingerprint density at radius 3 is 1.14 bits per heavy atom. The van der Waals surface area contributed by atoms with E-state index in [-0.39, 0.29) is 47.7 Å². The molecule has 0 aromatic heterocycles. The van der Waals surface area contributed by atoms with Crippen LogP contribution in [0.5, 0.6) is 0 Å². The molecule has 6 aromatic carbocycles. The van der Waals surface area contributed by atoms with Gasteiger partial charge in [0.1, 0.15) is 0 Å². The molecule has 0 saturated carbocycles. The van der Waals surface area contributed by atoms with Crippen molar-refractivity contribution in [2.75, 3.05) is 24.7 Å². The smallest absolute Gasteiger partial charge is 1.00 e. The van der Waals surface area contributed by atoms with Crippen LogP contribution in [-0.4, -0.2) is 34.0 Å². The minimum Gasteiger partial charge on any atom is -1.00 e. The van der Waals surface area contributed by atoms with Gasteiger partial charge in [-0.2, -0.15) is 11.1 Å². The minimum absolute atomic E-state index is 0. The molecule has 0 atom stereocenters. The molecule has 5 N–H and O–H groups in total. The van der Waals surface area contributed by atoms with Crippen molar-refractivity contribution in [2.24, 2.45) is 0 Å². The van der Waals surface area contributed by atoms with Crippen molar-refractivity contribution in [3.63, 3.8) is 0 Å². The van der Waals surface area contributed by atoms with Crippen molar-refractivity contribution < 1.29 is 40.5 Å². The molecule has 0 aliphatic heterocycles. The van der Waals surface area contributed by atoms with Gasteiger partial charge >= 0.3 is 29.6 Å². The van der Waals surface area contributed by atoms with Crippen LogP contribution in [0.15, 0.2) is 170 Å². The second-order valence-electron chi connectivity index (χ2n) is 15.8. The van der Waals surface area contributed by atoms with E-state index < -0.39 is 15.7 Å². The van der Waals surface area contributed by atoms with Gasteiger partial charge in [0.15, 0.2) is 0 Å². The fourth-order valence-electron chi connectivity index (χ4n) is 7.09. The molecule has 6 aromatic rings. The van der Waals surface area contributed by atoms with Gasteiger partial charge in [-0.15, -0.1) is 0 Å². The van der Waals surface area contributed by atoms with Gasteiger partial charge in [0.2, 0.25) is 7.38 Å². The Hall–Kier alpha value is -3.44. The fraction of sp³-hybridized carbons (Fsp3) is 0.250. The van der Waals surface area contributed by atoms with Crippen LogP contribution >= 0.6 is 11.1 Å². The maximum atomic E-state index is 8.59. The zero-order chi connectivity index (χ0) is 40.0. The molecule has 0 aliphatic carbocycles. The zero-order valence-electron chi connectivity index (χ0n) is 35.4. The van der Waals surface area contributed by atoms with Crippen molar-refractivity contribution >= 4 is 58.9 Å². The van der Waals surface area contributed by atoms with E-state index in [0.717, 1.165) is 28.9 Å². The predicted molar refractivity (Wildman–Crippen MR) is 244 cm³/mol. The molecular formula is C48H60ClN2NaO2Si2. The monoisotopic (exact) mass is 810 g/mol. The van der Waals surface area contributed by atoms with Crippen molar-refractivity contribution in [1.29, 1.82) is 0 Å². The Balaban J connectivity index is 0.000000322. The van der Waals surface area contributed by atoms with E-state index in [0.29, 0.717) is 13.0 Å². The number of anilines is 2. The van der Waals surface area contributed by atoms with Crippen LogP contribution in [-0.2, 0) is 17.3 Å². The molecule has 0 unspecified atom stereocenters. The molecule has 0 radical (unpaired) electrons. The molecule has 6 rings (SSSR count). The molecule has 290 valence electrons. The van der Waals surface area contributed by atoms with Gasteiger partial charge in [-0.25, -0.2) is 0 Å². The topological polar surface area (TPSA) is 81.5 Å². The fourth-order valence-corrected chi connectivity index (χ4v) is 15.8. The Morgan fingerprint density at radius 1 is 0.500 bits per heavy atom. The summed E-state index contributed by atoms with van der Waals surface area (Å²) in [5, 5.41) is 13.8. The van der Waals surface area contributed by atoms with Crippen LogP contribution in [0.1, 0.15) is 54.1 Å². The van der Waals surface area contributed by atoms with Crippen molar-refractivity contribution in [1.82, 2.24) is 0 Å². The van der Waals surface area contributed by atoms with E-state index in [1.54, 1.807) is 0 Å². The van der Waals surface area contributed by atoms with E-state index in [1.165, 1.54) is 20.7 Å². The summed E-state index contributed by atoms with van der Waals surface area (Å²) in [5.41, 5.74) is 15.5. The van der Waals surface area contributed by atoms with Crippen molar-refractivity contribution in [3.8, 4) is 0 Å². The van der Waals surface area contributed by atoms with Crippen LogP contribution in [0.4, 0.5) is 11.4 Å². The summed E-state index contributed by atoms with van der Waals surface area (Å²) in [7, 11) is -4.69. The Labute approximate surface area is 366 Å². The first-order chi connectivity index (χ1) is 26.3. The van der Waals surface area contributed by atoms with E-state index in [4.69, 9.17) is 32.1 Å². The Morgan fingerprint density at radius 2 is 0.821 bits per heavy atom. The summed E-state index contributed by atoms with van der Waals surface area (Å²) < 4.78 is 6.91. The summed E-state index contributed by atoms with van der Waals surface area (Å²) >= 11 is 7.21. The number of nitrogen functional groups attached to an aromatic ring is 2. The molecule has 4 nitrogen and oxygen atoms in total. The maximum Gasteiger partial charge on any atom is 1.00 e. The van der Waals surface area contributed by atoms with E-state index in [9.17, 15) is 0 Å². The summed E-state index contributed by atoms with van der Waals surface area (Å²) in [5.74, 6) is 0. The largest absolute Gasteiger partial charge is 1.00 e. The van der Waals surface area contributed by atoms with Gasteiger partial charge in [-0.3, -0.25) is 0 Å². The third-order valence-corrected chi connectivity index (χ3v) is 22.4. The molecule has 0 bridgehead atoms. The Bertz CT molecular complexity index is 1940. The number of para-hydroxylation sites is 2. The van der Waals surface area contributed by atoms with Crippen molar-refractivity contribution in [3.05, 3.63) is 181 Å². The number of benzene rings is 6. The quantitative estimate of drug-likeness (QED) is 0.0890. The predicted octanol–water partition coefficient (Wildman–Crippen LogP) is 6.09. The first-order valence-electron chi connectivity index (χ1n) is 19.1. The van der Waals surface area contributed by atoms with Gasteiger partial charge in [-0.1, -0.05) is 199 Å². The average Bonchev–Trinajstić information content (AvgIpc) is 3.19. The summed E-state index contributed by atoms with van der Waals surface area (Å²) in [4.78, 5) is 0. The second-order valence-corrected chi connectivity index (χ2v) is 25.8. The Kier molecular flexibility index (Phi) is 18.4. The molecule has 0 aliphatic rings. The average molecular weight is 812 g/mol. The number of hydrogen-bond acceptors (Lipinski definition) is 4. The number of aliphatic hydroxyl groups is 1. The number of hydrogen-bond donors (Lipinski definition) is 3. The van der Waals surface area contributed by atoms with Crippen LogP contribution in [0, 0.1) is 0 Å². The molecule has 0 amide bonds. The van der Waals surface area contributed by atoms with Gasteiger partial charge < -0.3 is 22.4 Å². The first-order valence-corrected chi connectivity index (χ1v) is 24.0. The van der Waals surface area contributed by atoms with Gasteiger partial charge in [0, 0.05) is 24.6 Å². The standard InChI is InChI=1S/C24H29NOSi.C16H19ClSi.C8H11NO.Na.H/c1-24(2,3)27(21-13-6-4-7-14-21,22-15-8-5-9-16-22)26-19-18-20-12-10-11-17-23(20)25;1-16(2,3)18(17,14-10-6-4-7-11-14)15-12-8-5-9-13-15;9-8-4-2-1-3-7(8)5-6-10;;/h4-17H,18-19,25H2,1-3H3;4-13H,1-3H3;1-4,10H,5-6,9H2;;/q;;;+1;-1. The van der Waals surface area contributed by atoms with Gasteiger partial charge in [0.05, 0.1) is 0 Å². The van der Waals surface area contributed by atoms with Crippen LogP contribution in [0.25, 0.3) is 0 Å². The summed E-state index contributed by atoms with van der Waals surface area (Å²) in [6.45, 7) is 14.4. The van der Waals surface area contributed by atoms with Gasteiger partial charge in [0.25, 0.3) is 8.32 Å². The third-order valence-electron chi connectivity index (χ3n) is 9.97. The number of aliphatic hydroxyl groups excluding tert-OH is 1. The SMILES string of the molecule is CC(C)(C)[Si](Cl)(c1ccccc1)c1ccccc1.CC(C)(C)[Si](OCCc1ccccc1N)(c1ccccc1)c1ccccc1.Nc1ccccc1CCO.[H-].[Na+]. The number of nitrogens with two attached hydrogens (primary N) is 2. The van der Waals surface area contributed by atoms with Crippen LogP contribution in [0.3, 0.4) is 0 Å². The number of rotatable bonds is 10. The maximum absolute atomic E-state index is 8.59. The summed E-state index contributed by atoms with van der Waals surface area (Å²) in [6, 6.07) is 58.2. The molecular weight excluding hydrogens is 751 g/mol. The van der Waals surface area contributed by atoms with E-state index >= 15 is 0 Å². The van der Waals surface area contributed by atoms with E-state index in [2.05, 4.69) is 157 Å². The van der Waals surface area contributed by atoms with Crippen molar-refractivity contribution in [2.45, 2.75) is 64.5 Å². The van der Waals surface area contributed by atoms with Crippen LogP contribution in [0.2, 0.25) is 10.1 Å². The normalized spacial score (nSPS) is 11.6. The summed E-state index contributed by atoms with van der Waals surface area (Å²) in [6.07, 6.45) is 1.46. The third kappa shape index (κ3) is 11.8.